The predicted molar refractivity (Wildman–Crippen MR) is 89.2 cm³/mol. The monoisotopic (exact) mass is 288 g/mol. The molecule has 0 amide bonds. The van der Waals surface area contributed by atoms with E-state index in [4.69, 9.17) is 5.73 Å². The molecule has 2 rings (SSSR count). The summed E-state index contributed by atoms with van der Waals surface area (Å²) in [7, 11) is 2.04. The van der Waals surface area contributed by atoms with Crippen molar-refractivity contribution in [2.75, 3.05) is 20.1 Å². The van der Waals surface area contributed by atoms with Gasteiger partial charge in [0.1, 0.15) is 0 Å². The van der Waals surface area contributed by atoms with E-state index in [1.807, 2.05) is 7.05 Å². The maximum Gasteiger partial charge on any atom is 0.191 e. The van der Waals surface area contributed by atoms with Gasteiger partial charge in [0, 0.05) is 19.6 Å². The molecule has 1 fully saturated rings. The van der Waals surface area contributed by atoms with Crippen LogP contribution in [-0.2, 0) is 13.1 Å². The van der Waals surface area contributed by atoms with Crippen molar-refractivity contribution in [3.63, 3.8) is 0 Å². The van der Waals surface area contributed by atoms with Gasteiger partial charge in [-0.15, -0.1) is 0 Å². The molecule has 1 aliphatic carbocycles. The lowest BCUT2D eigenvalue weighted by molar-refractivity contribution is 0.296. The number of hydrogen-bond donors (Lipinski definition) is 1. The fourth-order valence-corrected chi connectivity index (χ4v) is 2.46. The van der Waals surface area contributed by atoms with E-state index in [1.54, 1.807) is 0 Å². The van der Waals surface area contributed by atoms with Crippen LogP contribution in [0.3, 0.4) is 0 Å². The quantitative estimate of drug-likeness (QED) is 0.619. The predicted octanol–water partition coefficient (Wildman–Crippen LogP) is 2.44. The third-order valence-corrected chi connectivity index (χ3v) is 4.17. The molecule has 0 bridgehead atoms. The molecule has 2 N–H and O–H groups in total. The van der Waals surface area contributed by atoms with Crippen LogP contribution in [0.15, 0.2) is 29.3 Å². The Morgan fingerprint density at radius 3 is 2.52 bits per heavy atom. The van der Waals surface area contributed by atoms with Crippen molar-refractivity contribution in [1.29, 1.82) is 0 Å². The summed E-state index contributed by atoms with van der Waals surface area (Å²) in [6.07, 6.45) is 2.48. The van der Waals surface area contributed by atoms with Gasteiger partial charge in [-0.25, -0.2) is 4.99 Å². The lowest BCUT2D eigenvalue weighted by Gasteiger charge is -2.18. The van der Waals surface area contributed by atoms with Crippen LogP contribution >= 0.6 is 0 Å². The molecule has 4 heteroatoms. The summed E-state index contributed by atoms with van der Waals surface area (Å²) in [6.45, 7) is 8.23. The molecule has 0 aliphatic heterocycles. The molecule has 0 unspecified atom stereocenters. The first-order valence-electron chi connectivity index (χ1n) is 7.97. The van der Waals surface area contributed by atoms with E-state index < -0.39 is 0 Å². The minimum Gasteiger partial charge on any atom is -0.370 e. The van der Waals surface area contributed by atoms with Crippen molar-refractivity contribution in [2.45, 2.75) is 45.8 Å². The van der Waals surface area contributed by atoms with Crippen LogP contribution in [0.25, 0.3) is 0 Å². The van der Waals surface area contributed by atoms with E-state index in [0.29, 0.717) is 18.5 Å². The van der Waals surface area contributed by atoms with E-state index in [-0.39, 0.29) is 0 Å². The minimum absolute atomic E-state index is 0.614. The fraction of sp³-hybridized carbons (Fsp3) is 0.588. The highest BCUT2D eigenvalue weighted by atomic mass is 15.3. The third kappa shape index (κ3) is 4.74. The van der Waals surface area contributed by atoms with Crippen molar-refractivity contribution in [1.82, 2.24) is 9.80 Å². The highest BCUT2D eigenvalue weighted by Crippen LogP contribution is 2.24. The first kappa shape index (κ1) is 15.8. The number of nitrogens with two attached hydrogens (primary N) is 1. The van der Waals surface area contributed by atoms with Crippen LogP contribution in [-0.4, -0.2) is 41.9 Å². The molecule has 0 heterocycles. The Kier molecular flexibility index (Phi) is 5.62. The van der Waals surface area contributed by atoms with E-state index in [0.717, 1.165) is 19.6 Å². The van der Waals surface area contributed by atoms with E-state index in [2.05, 4.69) is 52.9 Å². The second-order valence-electron chi connectivity index (χ2n) is 5.80. The average molecular weight is 288 g/mol. The van der Waals surface area contributed by atoms with Crippen LogP contribution in [0.5, 0.6) is 0 Å². The second-order valence-corrected chi connectivity index (χ2v) is 5.80. The van der Waals surface area contributed by atoms with Crippen LogP contribution in [0.2, 0.25) is 0 Å². The molecule has 0 radical (unpaired) electrons. The van der Waals surface area contributed by atoms with Gasteiger partial charge in [0.05, 0.1) is 6.54 Å². The smallest absolute Gasteiger partial charge is 0.191 e. The van der Waals surface area contributed by atoms with Gasteiger partial charge in [-0.2, -0.15) is 0 Å². The first-order valence-corrected chi connectivity index (χ1v) is 7.97. The summed E-state index contributed by atoms with van der Waals surface area (Å²) < 4.78 is 0. The van der Waals surface area contributed by atoms with Crippen molar-refractivity contribution in [3.8, 4) is 0 Å². The van der Waals surface area contributed by atoms with E-state index in [9.17, 15) is 0 Å². The molecule has 0 atom stereocenters. The summed E-state index contributed by atoms with van der Waals surface area (Å²) in [5.74, 6) is 0.659. The van der Waals surface area contributed by atoms with Gasteiger partial charge in [-0.05, 0) is 37.1 Å². The average Bonchev–Trinajstić information content (AvgIpc) is 3.34. The summed E-state index contributed by atoms with van der Waals surface area (Å²) in [4.78, 5) is 9.03. The summed E-state index contributed by atoms with van der Waals surface area (Å²) in [5.41, 5.74) is 8.61. The van der Waals surface area contributed by atoms with Crippen molar-refractivity contribution in [2.24, 2.45) is 10.7 Å². The lowest BCUT2D eigenvalue weighted by atomic mass is 10.1. The molecule has 0 spiro atoms. The van der Waals surface area contributed by atoms with Crippen molar-refractivity contribution >= 4 is 5.96 Å². The van der Waals surface area contributed by atoms with Crippen molar-refractivity contribution in [3.05, 3.63) is 35.4 Å². The van der Waals surface area contributed by atoms with Gasteiger partial charge < -0.3 is 10.6 Å². The number of hydrogen-bond acceptors (Lipinski definition) is 2. The summed E-state index contributed by atoms with van der Waals surface area (Å²) in [6, 6.07) is 9.28. The standard InChI is InChI=1S/C17H28N4/c1-4-21(5-2)13-15-8-6-7-14(11-15)12-19-17(18)20(3)16-9-10-16/h6-8,11,16H,4-5,9-10,12-13H2,1-3H3,(H2,18,19). The Labute approximate surface area is 128 Å². The largest absolute Gasteiger partial charge is 0.370 e. The molecule has 1 aromatic rings. The van der Waals surface area contributed by atoms with Gasteiger partial charge in [0.15, 0.2) is 5.96 Å². The second kappa shape index (κ2) is 7.46. The number of benzene rings is 1. The molecule has 1 aromatic carbocycles. The molecule has 0 saturated heterocycles. The minimum atomic E-state index is 0.614. The van der Waals surface area contributed by atoms with Crippen molar-refractivity contribution < 1.29 is 0 Å². The molecule has 1 aliphatic rings. The number of guanidine groups is 1. The topological polar surface area (TPSA) is 44.9 Å². The Balaban J connectivity index is 1.95. The van der Waals surface area contributed by atoms with Gasteiger partial charge >= 0.3 is 0 Å². The van der Waals surface area contributed by atoms with Gasteiger partial charge in [-0.3, -0.25) is 4.90 Å². The first-order chi connectivity index (χ1) is 10.1. The molecular weight excluding hydrogens is 260 g/mol. The van der Waals surface area contributed by atoms with Crippen LogP contribution in [0, 0.1) is 0 Å². The zero-order valence-electron chi connectivity index (χ0n) is 13.5. The molecule has 116 valence electrons. The molecule has 21 heavy (non-hydrogen) atoms. The maximum absolute atomic E-state index is 6.04. The zero-order valence-corrected chi connectivity index (χ0v) is 13.5. The number of aliphatic imine (C=N–C) groups is 1. The van der Waals surface area contributed by atoms with Gasteiger partial charge in [0.25, 0.3) is 0 Å². The van der Waals surface area contributed by atoms with Gasteiger partial charge in [-0.1, -0.05) is 38.1 Å². The van der Waals surface area contributed by atoms with Crippen LogP contribution in [0.1, 0.15) is 37.8 Å². The summed E-state index contributed by atoms with van der Waals surface area (Å²) >= 11 is 0. The Hall–Kier alpha value is -1.55. The Morgan fingerprint density at radius 1 is 1.24 bits per heavy atom. The lowest BCUT2D eigenvalue weighted by Crippen LogP contribution is -2.35. The van der Waals surface area contributed by atoms with E-state index >= 15 is 0 Å². The number of nitrogens with zero attached hydrogens (tertiary/aromatic N) is 3. The SMILES string of the molecule is CCN(CC)Cc1cccc(CN=C(N)N(C)C2CC2)c1. The fourth-order valence-electron chi connectivity index (χ4n) is 2.46. The number of rotatable bonds is 7. The third-order valence-electron chi connectivity index (χ3n) is 4.17. The van der Waals surface area contributed by atoms with Crippen LogP contribution < -0.4 is 5.73 Å². The summed E-state index contributed by atoms with van der Waals surface area (Å²) in [5, 5.41) is 0. The molecular formula is C17H28N4. The molecule has 1 saturated carbocycles. The Bertz CT molecular complexity index is 475. The molecule has 4 nitrogen and oxygen atoms in total. The van der Waals surface area contributed by atoms with E-state index in [1.165, 1.54) is 24.0 Å². The highest BCUT2D eigenvalue weighted by Gasteiger charge is 2.27. The van der Waals surface area contributed by atoms with Crippen LogP contribution in [0.4, 0.5) is 0 Å². The molecule has 0 aromatic heterocycles. The normalized spacial score (nSPS) is 15.5. The Morgan fingerprint density at radius 2 is 1.90 bits per heavy atom. The zero-order chi connectivity index (χ0) is 15.2. The maximum atomic E-state index is 6.04. The highest BCUT2D eigenvalue weighted by molar-refractivity contribution is 5.78. The van der Waals surface area contributed by atoms with Gasteiger partial charge in [0.2, 0.25) is 0 Å².